The highest BCUT2D eigenvalue weighted by Crippen LogP contribution is 2.43. The molecule has 4 aromatic rings. The van der Waals surface area contributed by atoms with Crippen LogP contribution in [0, 0.1) is 0 Å². The molecule has 0 fully saturated rings. The van der Waals surface area contributed by atoms with E-state index in [1.54, 1.807) is 55.6 Å². The van der Waals surface area contributed by atoms with Gasteiger partial charge in [-0.1, -0.05) is 54.6 Å². The van der Waals surface area contributed by atoms with Crippen molar-refractivity contribution in [3.05, 3.63) is 81.2 Å². The Morgan fingerprint density at radius 1 is 1.06 bits per heavy atom. The summed E-state index contributed by atoms with van der Waals surface area (Å²) in [6.07, 6.45) is 3.38. The van der Waals surface area contributed by atoms with Crippen LogP contribution in [0.1, 0.15) is 37.4 Å². The van der Waals surface area contributed by atoms with Gasteiger partial charge in [0.1, 0.15) is 15.5 Å². The molecule has 0 saturated carbocycles. The average Bonchev–Trinajstić information content (AvgIpc) is 3.36. The maximum absolute atomic E-state index is 13.3. The molecule has 0 aliphatic rings. The van der Waals surface area contributed by atoms with Crippen LogP contribution < -0.4 is 0 Å². The first-order valence-electron chi connectivity index (χ1n) is 9.49. The minimum Gasteiger partial charge on any atom is -0.506 e. The number of aromatic hydroxyl groups is 1. The van der Waals surface area contributed by atoms with Gasteiger partial charge in [0.2, 0.25) is 5.78 Å². The van der Waals surface area contributed by atoms with E-state index >= 15 is 0 Å². The maximum atomic E-state index is 13.3. The molecule has 31 heavy (non-hydrogen) atoms. The van der Waals surface area contributed by atoms with Crippen molar-refractivity contribution >= 4 is 40.1 Å². The Bertz CT molecular complexity index is 1330. The zero-order chi connectivity index (χ0) is 22.1. The molecule has 156 valence electrons. The van der Waals surface area contributed by atoms with E-state index in [4.69, 9.17) is 0 Å². The highest BCUT2D eigenvalue weighted by atomic mass is 32.1. The molecule has 2 heterocycles. The van der Waals surface area contributed by atoms with Crippen molar-refractivity contribution in [3.8, 4) is 16.9 Å². The van der Waals surface area contributed by atoms with Crippen LogP contribution in [-0.4, -0.2) is 38.7 Å². The van der Waals surface area contributed by atoms with E-state index in [1.165, 1.54) is 0 Å². The summed E-state index contributed by atoms with van der Waals surface area (Å²) >= 11 is 0.764. The second-order valence-corrected chi connectivity index (χ2v) is 8.13. The lowest BCUT2D eigenvalue weighted by atomic mass is 10.0. The number of rotatable bonds is 6. The van der Waals surface area contributed by atoms with Gasteiger partial charge in [0, 0.05) is 22.7 Å². The molecule has 2 aromatic carbocycles. The Balaban J connectivity index is 1.85. The average molecular weight is 433 g/mol. The highest BCUT2D eigenvalue weighted by molar-refractivity contribution is 7.17. The van der Waals surface area contributed by atoms with Crippen molar-refractivity contribution in [1.82, 2.24) is 4.98 Å². The lowest BCUT2D eigenvalue weighted by Gasteiger charge is -2.03. The lowest BCUT2D eigenvalue weighted by molar-refractivity contribution is 0.0702. The normalized spacial score (nSPS) is 11.7. The lowest BCUT2D eigenvalue weighted by Crippen LogP contribution is -1.98. The van der Waals surface area contributed by atoms with Crippen LogP contribution in [0.2, 0.25) is 0 Å². The van der Waals surface area contributed by atoms with Crippen LogP contribution in [0.5, 0.6) is 5.75 Å². The van der Waals surface area contributed by atoms with E-state index in [2.05, 4.69) is 4.98 Å². The van der Waals surface area contributed by atoms with Crippen molar-refractivity contribution < 1.29 is 24.9 Å². The Labute approximate surface area is 181 Å². The van der Waals surface area contributed by atoms with E-state index < -0.39 is 11.8 Å². The Hall–Kier alpha value is -3.68. The molecule has 4 rings (SSSR count). The summed E-state index contributed by atoms with van der Waals surface area (Å²) in [5, 5.41) is 30.4. The molecular weight excluding hydrogens is 414 g/mol. The topological polar surface area (TPSA) is 111 Å². The molecule has 0 bridgehead atoms. The standard InChI is InChI=1S/C24H19NO5S/c1-13(12-26)10-15-8-5-9-16-17(11-25-19(15)16)20(27)23-21(28)18(22(31-23)24(29)30)14-6-3-2-4-7-14/h2-11,25-26,28H,12H2,1H3,(H,29,30)/b13-10+. The fourth-order valence-electron chi connectivity index (χ4n) is 3.52. The molecule has 0 spiro atoms. The van der Waals surface area contributed by atoms with Gasteiger partial charge in [0.05, 0.1) is 12.1 Å². The van der Waals surface area contributed by atoms with Crippen molar-refractivity contribution in [2.75, 3.05) is 6.61 Å². The van der Waals surface area contributed by atoms with Crippen LogP contribution in [-0.2, 0) is 0 Å². The predicted molar refractivity (Wildman–Crippen MR) is 121 cm³/mol. The molecule has 0 amide bonds. The van der Waals surface area contributed by atoms with Gasteiger partial charge < -0.3 is 20.3 Å². The number of benzene rings is 2. The third-order valence-corrected chi connectivity index (χ3v) is 6.16. The van der Waals surface area contributed by atoms with Crippen LogP contribution in [0.15, 0.2) is 60.3 Å². The summed E-state index contributed by atoms with van der Waals surface area (Å²) in [5.74, 6) is -2.00. The number of carboxylic acid groups (broad SMARTS) is 1. The Morgan fingerprint density at radius 3 is 2.48 bits per heavy atom. The molecule has 2 aromatic heterocycles. The summed E-state index contributed by atoms with van der Waals surface area (Å²) < 4.78 is 0. The molecule has 0 atom stereocenters. The third-order valence-electron chi connectivity index (χ3n) is 4.99. The van der Waals surface area contributed by atoms with Crippen LogP contribution in [0.4, 0.5) is 0 Å². The van der Waals surface area contributed by atoms with Gasteiger partial charge in [0.15, 0.2) is 0 Å². The fourth-order valence-corrected chi connectivity index (χ4v) is 4.53. The number of carboxylic acids is 1. The zero-order valence-corrected chi connectivity index (χ0v) is 17.4. The summed E-state index contributed by atoms with van der Waals surface area (Å²) in [6.45, 7) is 1.72. The minimum absolute atomic E-state index is 0.0235. The van der Waals surface area contributed by atoms with Gasteiger partial charge in [-0.25, -0.2) is 4.79 Å². The van der Waals surface area contributed by atoms with Crippen molar-refractivity contribution in [2.24, 2.45) is 0 Å². The van der Waals surface area contributed by atoms with Crippen LogP contribution in [0.25, 0.3) is 28.1 Å². The molecule has 0 radical (unpaired) electrons. The van der Waals surface area contributed by atoms with Gasteiger partial charge in [0.25, 0.3) is 0 Å². The number of aromatic carboxylic acids is 1. The van der Waals surface area contributed by atoms with Gasteiger partial charge >= 0.3 is 5.97 Å². The van der Waals surface area contributed by atoms with E-state index in [9.17, 15) is 24.9 Å². The molecule has 0 aliphatic heterocycles. The first-order chi connectivity index (χ1) is 14.9. The van der Waals surface area contributed by atoms with Crippen molar-refractivity contribution in [3.63, 3.8) is 0 Å². The maximum Gasteiger partial charge on any atom is 0.346 e. The third kappa shape index (κ3) is 3.65. The van der Waals surface area contributed by atoms with E-state index in [0.717, 1.165) is 28.0 Å². The molecule has 0 unspecified atom stereocenters. The number of carbonyl (C=O) groups is 2. The van der Waals surface area contributed by atoms with E-state index in [-0.39, 0.29) is 27.7 Å². The fraction of sp³-hybridized carbons (Fsp3) is 0.0833. The largest absolute Gasteiger partial charge is 0.506 e. The number of fused-ring (bicyclic) bond motifs is 1. The smallest absolute Gasteiger partial charge is 0.346 e. The van der Waals surface area contributed by atoms with Crippen LogP contribution in [0.3, 0.4) is 0 Å². The minimum atomic E-state index is -1.20. The number of thiophene rings is 1. The van der Waals surface area contributed by atoms with Gasteiger partial charge in [-0.2, -0.15) is 0 Å². The van der Waals surface area contributed by atoms with Gasteiger partial charge in [-0.05, 0) is 23.6 Å². The SMILES string of the molecule is C/C(=C\c1cccc2c(C(=O)c3sc(C(=O)O)c(-c4ccccc4)c3O)c[nH]c12)CO. The summed E-state index contributed by atoms with van der Waals surface area (Å²) in [4.78, 5) is 28.1. The number of carbonyl (C=O) groups excluding carboxylic acids is 1. The number of hydrogen-bond acceptors (Lipinski definition) is 5. The van der Waals surface area contributed by atoms with Crippen molar-refractivity contribution in [2.45, 2.75) is 6.92 Å². The van der Waals surface area contributed by atoms with E-state index in [0.29, 0.717) is 16.5 Å². The molecule has 0 saturated heterocycles. The number of ketones is 1. The number of H-pyrrole nitrogens is 1. The monoisotopic (exact) mass is 433 g/mol. The molecule has 4 N–H and O–H groups in total. The second-order valence-electron chi connectivity index (χ2n) is 7.11. The number of aromatic amines is 1. The number of para-hydroxylation sites is 1. The number of aliphatic hydroxyl groups excluding tert-OH is 1. The predicted octanol–water partition coefficient (Wildman–Crippen LogP) is 4.93. The first-order valence-corrected chi connectivity index (χ1v) is 10.3. The van der Waals surface area contributed by atoms with E-state index in [1.807, 2.05) is 12.1 Å². The van der Waals surface area contributed by atoms with Crippen LogP contribution >= 0.6 is 11.3 Å². The van der Waals surface area contributed by atoms with Gasteiger partial charge in [-0.15, -0.1) is 11.3 Å². The van der Waals surface area contributed by atoms with Gasteiger partial charge in [-0.3, -0.25) is 4.79 Å². The number of nitrogens with one attached hydrogen (secondary N) is 1. The molecule has 0 aliphatic carbocycles. The summed E-state index contributed by atoms with van der Waals surface area (Å²) in [5.41, 5.74) is 3.30. The number of aromatic nitrogens is 1. The Morgan fingerprint density at radius 2 is 1.81 bits per heavy atom. The zero-order valence-electron chi connectivity index (χ0n) is 16.5. The molecule has 7 heteroatoms. The number of hydrogen-bond donors (Lipinski definition) is 4. The molecular formula is C24H19NO5S. The summed E-state index contributed by atoms with van der Waals surface area (Å²) in [7, 11) is 0. The highest BCUT2D eigenvalue weighted by Gasteiger charge is 2.28. The Kier molecular flexibility index (Phi) is 5.46. The first kappa shape index (κ1) is 20.6. The van der Waals surface area contributed by atoms with Crippen molar-refractivity contribution in [1.29, 1.82) is 0 Å². The quantitative estimate of drug-likeness (QED) is 0.322. The number of aliphatic hydroxyl groups is 1. The summed E-state index contributed by atoms with van der Waals surface area (Å²) in [6, 6.07) is 14.1. The molecule has 6 nitrogen and oxygen atoms in total. The second kappa shape index (κ2) is 8.22.